The highest BCUT2D eigenvalue weighted by molar-refractivity contribution is 7.99. The Bertz CT molecular complexity index is 391. The molecule has 0 radical (unpaired) electrons. The Morgan fingerprint density at radius 3 is 2.83 bits per heavy atom. The van der Waals surface area contributed by atoms with E-state index in [9.17, 15) is 5.11 Å². The predicted octanol–water partition coefficient (Wildman–Crippen LogP) is 4.11. The number of rotatable bonds is 3. The van der Waals surface area contributed by atoms with Crippen LogP contribution in [0.15, 0.2) is 35.2 Å². The van der Waals surface area contributed by atoms with Gasteiger partial charge in [-0.05, 0) is 49.7 Å². The molecule has 0 bridgehead atoms. The van der Waals surface area contributed by atoms with Crippen LogP contribution < -0.4 is 0 Å². The Kier molecular flexibility index (Phi) is 3.67. The fourth-order valence-electron chi connectivity index (χ4n) is 3.74. The summed E-state index contributed by atoms with van der Waals surface area (Å²) >= 11 is 1.95. The van der Waals surface area contributed by atoms with Crippen molar-refractivity contribution in [3.63, 3.8) is 0 Å². The number of hydrogen-bond donors (Lipinski definition) is 1. The summed E-state index contributed by atoms with van der Waals surface area (Å²) in [6, 6.07) is 10.6. The number of thioether (sulfide) groups is 1. The van der Waals surface area contributed by atoms with Crippen molar-refractivity contribution in [2.45, 2.75) is 49.0 Å². The van der Waals surface area contributed by atoms with Gasteiger partial charge < -0.3 is 5.11 Å². The first-order chi connectivity index (χ1) is 8.76. The average molecular weight is 262 g/mol. The summed E-state index contributed by atoms with van der Waals surface area (Å²) in [5, 5.41) is 10.7. The summed E-state index contributed by atoms with van der Waals surface area (Å²) < 4.78 is 0. The molecule has 3 atom stereocenters. The Morgan fingerprint density at radius 1 is 1.22 bits per heavy atom. The third-order valence-corrected chi connectivity index (χ3v) is 5.90. The van der Waals surface area contributed by atoms with Gasteiger partial charge in [-0.1, -0.05) is 31.0 Å². The number of hydrogen-bond acceptors (Lipinski definition) is 2. The van der Waals surface area contributed by atoms with Crippen LogP contribution in [0.2, 0.25) is 0 Å². The number of fused-ring (bicyclic) bond motifs is 1. The molecule has 1 nitrogen and oxygen atoms in total. The van der Waals surface area contributed by atoms with Gasteiger partial charge in [-0.15, -0.1) is 11.8 Å². The largest absolute Gasteiger partial charge is 0.390 e. The molecule has 2 saturated carbocycles. The molecular formula is C16H22OS. The molecule has 0 aliphatic heterocycles. The average Bonchev–Trinajstić information content (AvgIpc) is 2.74. The zero-order valence-electron chi connectivity index (χ0n) is 10.8. The van der Waals surface area contributed by atoms with Crippen molar-refractivity contribution in [1.82, 2.24) is 0 Å². The highest BCUT2D eigenvalue weighted by Gasteiger charge is 2.46. The maximum Gasteiger partial charge on any atom is 0.0678 e. The number of benzene rings is 1. The fourth-order valence-corrected chi connectivity index (χ4v) is 4.78. The van der Waals surface area contributed by atoms with E-state index in [1.807, 2.05) is 11.8 Å². The van der Waals surface area contributed by atoms with Crippen LogP contribution in [-0.2, 0) is 0 Å². The van der Waals surface area contributed by atoms with E-state index in [-0.39, 0.29) is 5.60 Å². The van der Waals surface area contributed by atoms with Gasteiger partial charge in [-0.25, -0.2) is 0 Å². The van der Waals surface area contributed by atoms with Crippen molar-refractivity contribution >= 4 is 11.8 Å². The molecule has 2 heteroatoms. The third kappa shape index (κ3) is 2.60. The van der Waals surface area contributed by atoms with Gasteiger partial charge in [-0.2, -0.15) is 0 Å². The molecule has 0 amide bonds. The second kappa shape index (κ2) is 5.26. The molecule has 2 fully saturated rings. The molecule has 2 aliphatic carbocycles. The van der Waals surface area contributed by atoms with Gasteiger partial charge in [-0.3, -0.25) is 0 Å². The van der Waals surface area contributed by atoms with Crippen LogP contribution in [0.25, 0.3) is 0 Å². The van der Waals surface area contributed by atoms with Crippen LogP contribution in [0.3, 0.4) is 0 Å². The molecule has 18 heavy (non-hydrogen) atoms. The third-order valence-electron chi connectivity index (χ3n) is 4.66. The molecule has 3 rings (SSSR count). The number of aliphatic hydroxyl groups is 1. The highest BCUT2D eigenvalue weighted by Crippen LogP contribution is 2.49. The molecule has 1 N–H and O–H groups in total. The second-order valence-corrected chi connectivity index (χ2v) is 7.07. The van der Waals surface area contributed by atoms with Crippen molar-refractivity contribution in [1.29, 1.82) is 0 Å². The van der Waals surface area contributed by atoms with Crippen LogP contribution in [-0.4, -0.2) is 16.5 Å². The molecule has 1 aromatic carbocycles. The summed E-state index contributed by atoms with van der Waals surface area (Å²) in [5.41, 5.74) is -0.305. The Hall–Kier alpha value is -0.470. The maximum absolute atomic E-state index is 10.7. The summed E-state index contributed by atoms with van der Waals surface area (Å²) in [6.45, 7) is 0. The molecule has 0 saturated heterocycles. The lowest BCUT2D eigenvalue weighted by atomic mass is 9.78. The topological polar surface area (TPSA) is 20.2 Å². The SMILES string of the molecule is O[C@]12CCCC[C@@H]1C[C@H](CSc1ccccc1)C2. The molecule has 98 valence electrons. The van der Waals surface area contributed by atoms with Gasteiger partial charge in [0.25, 0.3) is 0 Å². The highest BCUT2D eigenvalue weighted by atomic mass is 32.2. The first-order valence-corrected chi connectivity index (χ1v) is 8.15. The van der Waals surface area contributed by atoms with Gasteiger partial charge in [0.15, 0.2) is 0 Å². The van der Waals surface area contributed by atoms with E-state index >= 15 is 0 Å². The fraction of sp³-hybridized carbons (Fsp3) is 0.625. The molecule has 1 aromatic rings. The maximum atomic E-state index is 10.7. The van der Waals surface area contributed by atoms with E-state index < -0.39 is 0 Å². The molecule has 0 aromatic heterocycles. The first kappa shape index (κ1) is 12.6. The van der Waals surface area contributed by atoms with Crippen molar-refractivity contribution in [2.24, 2.45) is 11.8 Å². The Morgan fingerprint density at radius 2 is 2.06 bits per heavy atom. The van der Waals surface area contributed by atoms with Crippen molar-refractivity contribution in [3.8, 4) is 0 Å². The van der Waals surface area contributed by atoms with Crippen LogP contribution in [0.1, 0.15) is 38.5 Å². The first-order valence-electron chi connectivity index (χ1n) is 7.16. The van der Waals surface area contributed by atoms with Crippen LogP contribution in [0.5, 0.6) is 0 Å². The Balaban J connectivity index is 1.56. The molecule has 0 unspecified atom stereocenters. The van der Waals surface area contributed by atoms with Gasteiger partial charge in [0.1, 0.15) is 0 Å². The van der Waals surface area contributed by atoms with Gasteiger partial charge in [0.05, 0.1) is 5.60 Å². The van der Waals surface area contributed by atoms with E-state index in [1.54, 1.807) is 0 Å². The standard InChI is InChI=1S/C16H22OS/c17-16-9-5-4-6-14(16)10-13(11-16)12-18-15-7-2-1-3-8-15/h1-3,7-8,13-14,17H,4-6,9-12H2/t13-,14+,16-/m0/s1. The minimum Gasteiger partial charge on any atom is -0.390 e. The van der Waals surface area contributed by atoms with Crippen molar-refractivity contribution < 1.29 is 5.11 Å². The van der Waals surface area contributed by atoms with Gasteiger partial charge in [0.2, 0.25) is 0 Å². The Labute approximate surface area is 114 Å². The van der Waals surface area contributed by atoms with Crippen molar-refractivity contribution in [3.05, 3.63) is 30.3 Å². The van der Waals surface area contributed by atoms with Crippen LogP contribution in [0, 0.1) is 11.8 Å². The van der Waals surface area contributed by atoms with E-state index in [1.165, 1.54) is 36.3 Å². The smallest absolute Gasteiger partial charge is 0.0678 e. The minimum absolute atomic E-state index is 0.305. The quantitative estimate of drug-likeness (QED) is 0.827. The second-order valence-electron chi connectivity index (χ2n) is 5.98. The van der Waals surface area contributed by atoms with Crippen molar-refractivity contribution in [2.75, 3.05) is 5.75 Å². The van der Waals surface area contributed by atoms with E-state index in [0.717, 1.165) is 12.8 Å². The van der Waals surface area contributed by atoms with Crippen LogP contribution >= 0.6 is 11.8 Å². The van der Waals surface area contributed by atoms with Crippen LogP contribution in [0.4, 0.5) is 0 Å². The molecule has 0 spiro atoms. The zero-order chi connectivity index (χ0) is 12.4. The summed E-state index contributed by atoms with van der Waals surface area (Å²) in [5.74, 6) is 2.47. The zero-order valence-corrected chi connectivity index (χ0v) is 11.7. The predicted molar refractivity (Wildman–Crippen MR) is 76.8 cm³/mol. The molecule has 0 heterocycles. The lowest BCUT2D eigenvalue weighted by Gasteiger charge is -2.34. The minimum atomic E-state index is -0.305. The lowest BCUT2D eigenvalue weighted by Crippen LogP contribution is -2.35. The van der Waals surface area contributed by atoms with E-state index in [0.29, 0.717) is 11.8 Å². The molecular weight excluding hydrogens is 240 g/mol. The monoisotopic (exact) mass is 262 g/mol. The summed E-state index contributed by atoms with van der Waals surface area (Å²) in [4.78, 5) is 1.36. The van der Waals surface area contributed by atoms with E-state index in [4.69, 9.17) is 0 Å². The van der Waals surface area contributed by atoms with Gasteiger partial charge in [0, 0.05) is 10.6 Å². The summed E-state index contributed by atoms with van der Waals surface area (Å²) in [7, 11) is 0. The van der Waals surface area contributed by atoms with E-state index in [2.05, 4.69) is 30.3 Å². The lowest BCUT2D eigenvalue weighted by molar-refractivity contribution is -0.0280. The molecule has 2 aliphatic rings. The van der Waals surface area contributed by atoms with Gasteiger partial charge >= 0.3 is 0 Å². The summed E-state index contributed by atoms with van der Waals surface area (Å²) in [6.07, 6.45) is 7.14. The normalized spacial score (nSPS) is 35.4.